The number of hydrogen-bond acceptors (Lipinski definition) is 6. The van der Waals surface area contributed by atoms with E-state index < -0.39 is 0 Å². The second-order valence-corrected chi connectivity index (χ2v) is 8.94. The van der Waals surface area contributed by atoms with Crippen LogP contribution in [0.5, 0.6) is 0 Å². The Morgan fingerprint density at radius 3 is 2.57 bits per heavy atom. The Balaban J connectivity index is 1.57. The number of anilines is 1. The molecule has 0 spiro atoms. The summed E-state index contributed by atoms with van der Waals surface area (Å²) in [5.41, 5.74) is 4.24. The number of carbonyl (C=O) groups excluding carboxylic acids is 1. The van der Waals surface area contributed by atoms with Crippen LogP contribution in [-0.2, 0) is 0 Å². The van der Waals surface area contributed by atoms with Crippen LogP contribution in [0.25, 0.3) is 11.1 Å². The van der Waals surface area contributed by atoms with Gasteiger partial charge in [-0.25, -0.2) is 9.97 Å². The normalized spacial score (nSPS) is 14.9. The zero-order valence-corrected chi connectivity index (χ0v) is 18.4. The third-order valence-electron chi connectivity index (χ3n) is 5.45. The number of nitrogens with one attached hydrogen (secondary N) is 1. The van der Waals surface area contributed by atoms with Gasteiger partial charge in [0, 0.05) is 49.2 Å². The highest BCUT2D eigenvalue weighted by Crippen LogP contribution is 2.35. The van der Waals surface area contributed by atoms with Crippen molar-refractivity contribution in [3.8, 4) is 11.1 Å². The Morgan fingerprint density at radius 2 is 1.93 bits per heavy atom. The quantitative estimate of drug-likeness (QED) is 0.644. The van der Waals surface area contributed by atoms with E-state index in [1.54, 1.807) is 12.4 Å². The fourth-order valence-corrected chi connectivity index (χ4v) is 4.77. The molecule has 1 saturated heterocycles. The molecule has 3 aromatic rings. The third kappa shape index (κ3) is 4.36. The van der Waals surface area contributed by atoms with Crippen LogP contribution >= 0.6 is 11.3 Å². The number of piperidine rings is 1. The van der Waals surface area contributed by atoms with Crippen LogP contribution in [0.2, 0.25) is 0 Å². The Morgan fingerprint density at radius 1 is 1.20 bits per heavy atom. The van der Waals surface area contributed by atoms with Crippen molar-refractivity contribution in [3.05, 3.63) is 58.3 Å². The van der Waals surface area contributed by atoms with E-state index in [1.165, 1.54) is 11.3 Å². The maximum absolute atomic E-state index is 12.9. The molecule has 3 aromatic heterocycles. The number of aryl methyl sites for hydroxylation is 1. The number of pyridine rings is 1. The third-order valence-corrected chi connectivity index (χ3v) is 6.46. The number of carbonyl (C=O) groups is 1. The standard InChI is InChI=1S/C23H27N5OS/c1-15(2)26-23-25-14-19(17-4-9-24-10-5-17)20(27-23)18-6-11-28(12-7-18)22(29)21-16(3)8-13-30-21/h4-5,8-10,13-15,18H,6-7,11-12H2,1-3H3,(H,25,26,27). The van der Waals surface area contributed by atoms with E-state index in [-0.39, 0.29) is 17.9 Å². The summed E-state index contributed by atoms with van der Waals surface area (Å²) in [5.74, 6) is 1.10. The molecule has 156 valence electrons. The minimum Gasteiger partial charge on any atom is -0.352 e. The predicted molar refractivity (Wildman–Crippen MR) is 121 cm³/mol. The van der Waals surface area contributed by atoms with Crippen molar-refractivity contribution in [2.24, 2.45) is 0 Å². The van der Waals surface area contributed by atoms with Gasteiger partial charge < -0.3 is 10.2 Å². The first-order chi connectivity index (χ1) is 14.5. The molecule has 1 aliphatic rings. The second-order valence-electron chi connectivity index (χ2n) is 8.03. The van der Waals surface area contributed by atoms with Gasteiger partial charge in [-0.2, -0.15) is 0 Å². The molecule has 0 atom stereocenters. The number of likely N-dealkylation sites (tertiary alicyclic amines) is 1. The average molecular weight is 422 g/mol. The Kier molecular flexibility index (Phi) is 6.08. The minimum absolute atomic E-state index is 0.153. The topological polar surface area (TPSA) is 71.0 Å². The lowest BCUT2D eigenvalue weighted by Crippen LogP contribution is -2.38. The number of rotatable bonds is 5. The predicted octanol–water partition coefficient (Wildman–Crippen LogP) is 4.75. The van der Waals surface area contributed by atoms with Gasteiger partial charge in [-0.15, -0.1) is 11.3 Å². The summed E-state index contributed by atoms with van der Waals surface area (Å²) in [6.07, 6.45) is 7.29. The fraction of sp³-hybridized carbons (Fsp3) is 0.391. The molecule has 6 nitrogen and oxygen atoms in total. The maximum atomic E-state index is 12.9. The van der Waals surface area contributed by atoms with Gasteiger partial charge in [0.05, 0.1) is 10.6 Å². The van der Waals surface area contributed by atoms with E-state index in [2.05, 4.69) is 29.1 Å². The molecule has 1 fully saturated rings. The number of nitrogens with zero attached hydrogens (tertiary/aromatic N) is 4. The zero-order valence-electron chi connectivity index (χ0n) is 17.6. The highest BCUT2D eigenvalue weighted by Gasteiger charge is 2.28. The molecule has 1 N–H and O–H groups in total. The molecule has 0 radical (unpaired) electrons. The SMILES string of the molecule is Cc1ccsc1C(=O)N1CCC(c2nc(NC(C)C)ncc2-c2ccncc2)CC1. The molecule has 1 amide bonds. The van der Waals surface area contributed by atoms with Crippen molar-refractivity contribution in [2.45, 2.75) is 45.6 Å². The van der Waals surface area contributed by atoms with Crippen molar-refractivity contribution in [1.82, 2.24) is 19.9 Å². The van der Waals surface area contributed by atoms with Gasteiger partial charge in [-0.3, -0.25) is 9.78 Å². The van der Waals surface area contributed by atoms with Crippen LogP contribution < -0.4 is 5.32 Å². The van der Waals surface area contributed by atoms with Crippen molar-refractivity contribution in [1.29, 1.82) is 0 Å². The number of aromatic nitrogens is 3. The first-order valence-corrected chi connectivity index (χ1v) is 11.3. The monoisotopic (exact) mass is 421 g/mol. The van der Waals surface area contributed by atoms with E-state index in [1.807, 2.05) is 41.6 Å². The first-order valence-electron chi connectivity index (χ1n) is 10.4. The molecule has 7 heteroatoms. The second kappa shape index (κ2) is 8.92. The highest BCUT2D eigenvalue weighted by molar-refractivity contribution is 7.12. The molecular formula is C23H27N5OS. The summed E-state index contributed by atoms with van der Waals surface area (Å²) < 4.78 is 0. The van der Waals surface area contributed by atoms with Crippen LogP contribution in [0.3, 0.4) is 0 Å². The Hall–Kier alpha value is -2.80. The largest absolute Gasteiger partial charge is 0.352 e. The Labute approximate surface area is 181 Å². The lowest BCUT2D eigenvalue weighted by molar-refractivity contribution is 0.0716. The van der Waals surface area contributed by atoms with Gasteiger partial charge in [-0.1, -0.05) is 0 Å². The molecule has 0 aliphatic carbocycles. The molecular weight excluding hydrogens is 394 g/mol. The maximum Gasteiger partial charge on any atom is 0.264 e. The van der Waals surface area contributed by atoms with Gasteiger partial charge in [0.1, 0.15) is 0 Å². The summed E-state index contributed by atoms with van der Waals surface area (Å²) in [7, 11) is 0. The van der Waals surface area contributed by atoms with E-state index in [9.17, 15) is 4.79 Å². The van der Waals surface area contributed by atoms with Crippen LogP contribution in [0.15, 0.2) is 42.2 Å². The molecule has 0 aromatic carbocycles. The van der Waals surface area contributed by atoms with Gasteiger partial charge in [0.15, 0.2) is 0 Å². The number of amides is 1. The summed E-state index contributed by atoms with van der Waals surface area (Å²) >= 11 is 1.53. The summed E-state index contributed by atoms with van der Waals surface area (Å²) in [6.45, 7) is 7.65. The lowest BCUT2D eigenvalue weighted by atomic mass is 9.89. The van der Waals surface area contributed by atoms with Crippen LogP contribution in [0, 0.1) is 6.92 Å². The lowest BCUT2D eigenvalue weighted by Gasteiger charge is -2.32. The molecule has 1 aliphatic heterocycles. The zero-order chi connectivity index (χ0) is 21.1. The molecule has 4 rings (SSSR count). The van der Waals surface area contributed by atoms with Crippen LogP contribution in [-0.4, -0.2) is 44.9 Å². The number of thiophene rings is 1. The summed E-state index contributed by atoms with van der Waals surface area (Å²) in [5, 5.41) is 5.30. The van der Waals surface area contributed by atoms with E-state index in [0.717, 1.165) is 53.2 Å². The molecule has 0 bridgehead atoms. The molecule has 0 saturated carbocycles. The number of hydrogen-bond donors (Lipinski definition) is 1. The van der Waals surface area contributed by atoms with Crippen LogP contribution in [0.1, 0.15) is 53.5 Å². The summed E-state index contributed by atoms with van der Waals surface area (Å²) in [4.78, 5) is 29.3. The summed E-state index contributed by atoms with van der Waals surface area (Å²) in [6, 6.07) is 6.26. The van der Waals surface area contributed by atoms with Gasteiger partial charge in [0.25, 0.3) is 5.91 Å². The molecule has 0 unspecified atom stereocenters. The van der Waals surface area contributed by atoms with Crippen LogP contribution in [0.4, 0.5) is 5.95 Å². The fourth-order valence-electron chi connectivity index (χ4n) is 3.88. The van der Waals surface area contributed by atoms with E-state index in [4.69, 9.17) is 4.98 Å². The molecule has 30 heavy (non-hydrogen) atoms. The van der Waals surface area contributed by atoms with Crippen molar-refractivity contribution in [2.75, 3.05) is 18.4 Å². The van der Waals surface area contributed by atoms with Crippen molar-refractivity contribution in [3.63, 3.8) is 0 Å². The van der Waals surface area contributed by atoms with Gasteiger partial charge in [0.2, 0.25) is 5.95 Å². The van der Waals surface area contributed by atoms with E-state index >= 15 is 0 Å². The smallest absolute Gasteiger partial charge is 0.264 e. The van der Waals surface area contributed by atoms with Crippen molar-refractivity contribution < 1.29 is 4.79 Å². The first kappa shape index (κ1) is 20.5. The van der Waals surface area contributed by atoms with Gasteiger partial charge in [-0.05, 0) is 68.3 Å². The Bertz CT molecular complexity index is 1010. The van der Waals surface area contributed by atoms with Crippen molar-refractivity contribution >= 4 is 23.2 Å². The highest BCUT2D eigenvalue weighted by atomic mass is 32.1. The molecule has 4 heterocycles. The average Bonchev–Trinajstić information content (AvgIpc) is 3.19. The van der Waals surface area contributed by atoms with Gasteiger partial charge >= 0.3 is 0 Å². The van der Waals surface area contributed by atoms with E-state index in [0.29, 0.717) is 5.95 Å². The minimum atomic E-state index is 0.153.